The second-order valence-electron chi connectivity index (χ2n) is 5.96. The quantitative estimate of drug-likeness (QED) is 0.545. The Bertz CT molecular complexity index is 495. The third kappa shape index (κ3) is 3.70. The van der Waals surface area contributed by atoms with Gasteiger partial charge in [-0.1, -0.05) is 32.3 Å². The van der Waals surface area contributed by atoms with Crippen molar-refractivity contribution in [3.63, 3.8) is 0 Å². The van der Waals surface area contributed by atoms with Gasteiger partial charge in [0, 0.05) is 18.2 Å². The molecule has 3 nitrogen and oxygen atoms in total. The van der Waals surface area contributed by atoms with Crippen LogP contribution in [0.25, 0.3) is 0 Å². The van der Waals surface area contributed by atoms with Gasteiger partial charge in [0.05, 0.1) is 7.11 Å². The molecule has 0 saturated carbocycles. The molecule has 0 radical (unpaired) electrons. The van der Waals surface area contributed by atoms with E-state index in [4.69, 9.17) is 4.74 Å². The molecule has 0 unspecified atom stereocenters. The van der Waals surface area contributed by atoms with E-state index in [0.717, 1.165) is 30.7 Å². The fraction of sp³-hybridized carbons (Fsp3) is 0.526. The minimum Gasteiger partial charge on any atom is -0.497 e. The van der Waals surface area contributed by atoms with Crippen LogP contribution < -0.4 is 9.64 Å². The van der Waals surface area contributed by atoms with Crippen molar-refractivity contribution in [3.05, 3.63) is 36.9 Å². The van der Waals surface area contributed by atoms with Crippen molar-refractivity contribution >= 4 is 11.6 Å². The van der Waals surface area contributed by atoms with Gasteiger partial charge >= 0.3 is 0 Å². The number of unbranched alkanes of at least 4 members (excludes halogenated alkanes) is 2. The molecule has 0 bridgehead atoms. The number of nitrogens with zero attached hydrogens (tertiary/aromatic N) is 1. The molecule has 1 aromatic carbocycles. The average molecular weight is 301 g/mol. The van der Waals surface area contributed by atoms with Gasteiger partial charge in [-0.2, -0.15) is 0 Å². The lowest BCUT2D eigenvalue weighted by Gasteiger charge is -2.40. The smallest absolute Gasteiger partial charge is 0.227 e. The minimum absolute atomic E-state index is 0.227. The maximum absolute atomic E-state index is 12.5. The summed E-state index contributed by atoms with van der Waals surface area (Å²) in [4.78, 5) is 14.5. The summed E-state index contributed by atoms with van der Waals surface area (Å²) in [7, 11) is 1.66. The molecular weight excluding hydrogens is 274 g/mol. The predicted octanol–water partition coefficient (Wildman–Crippen LogP) is 4.57. The van der Waals surface area contributed by atoms with Crippen molar-refractivity contribution in [1.29, 1.82) is 0 Å². The number of rotatable bonds is 7. The van der Waals surface area contributed by atoms with Gasteiger partial charge < -0.3 is 9.64 Å². The van der Waals surface area contributed by atoms with E-state index in [1.807, 2.05) is 35.2 Å². The number of carbonyl (C=O) groups is 1. The van der Waals surface area contributed by atoms with Crippen LogP contribution in [0.5, 0.6) is 5.75 Å². The largest absolute Gasteiger partial charge is 0.497 e. The Morgan fingerprint density at radius 3 is 2.64 bits per heavy atom. The molecule has 0 aromatic heterocycles. The number of hydrogen-bond donors (Lipinski definition) is 0. The van der Waals surface area contributed by atoms with Crippen LogP contribution in [0.15, 0.2) is 36.9 Å². The van der Waals surface area contributed by atoms with Crippen molar-refractivity contribution in [2.45, 2.75) is 51.5 Å². The van der Waals surface area contributed by atoms with Crippen LogP contribution in [0.3, 0.4) is 0 Å². The second kappa shape index (κ2) is 8.02. The molecule has 1 aliphatic rings. The summed E-state index contributed by atoms with van der Waals surface area (Å²) >= 11 is 0. The average Bonchev–Trinajstić information content (AvgIpc) is 2.55. The number of carbonyl (C=O) groups excluding carboxylic acids is 1. The van der Waals surface area contributed by atoms with Gasteiger partial charge in [-0.15, -0.1) is 6.58 Å². The molecule has 1 heterocycles. The number of piperidine rings is 1. The lowest BCUT2D eigenvalue weighted by atomic mass is 9.85. The summed E-state index contributed by atoms with van der Waals surface area (Å²) in [6.07, 6.45) is 8.17. The predicted molar refractivity (Wildman–Crippen MR) is 91.3 cm³/mol. The number of amides is 1. The van der Waals surface area contributed by atoms with E-state index in [0.29, 0.717) is 12.3 Å². The van der Waals surface area contributed by atoms with Crippen molar-refractivity contribution in [1.82, 2.24) is 0 Å². The first-order chi connectivity index (χ1) is 10.7. The van der Waals surface area contributed by atoms with E-state index < -0.39 is 0 Å². The van der Waals surface area contributed by atoms with E-state index >= 15 is 0 Å². The zero-order chi connectivity index (χ0) is 15.9. The second-order valence-corrected chi connectivity index (χ2v) is 5.96. The maximum atomic E-state index is 12.5. The van der Waals surface area contributed by atoms with E-state index in [1.165, 1.54) is 12.8 Å². The number of ether oxygens (including phenoxy) is 1. The van der Waals surface area contributed by atoms with Gasteiger partial charge in [0.2, 0.25) is 5.91 Å². The van der Waals surface area contributed by atoms with Crippen LogP contribution in [-0.4, -0.2) is 19.1 Å². The molecule has 120 valence electrons. The molecule has 1 aliphatic heterocycles. The Hall–Kier alpha value is -1.77. The molecule has 2 atom stereocenters. The lowest BCUT2D eigenvalue weighted by molar-refractivity contribution is -0.120. The molecule has 2 rings (SSSR count). The van der Waals surface area contributed by atoms with Gasteiger partial charge in [-0.3, -0.25) is 4.79 Å². The standard InChI is InChI=1S/C19H27NO2/c1-4-6-7-8-18-15(5-2)9-14-19(21)20(18)16-10-12-17(22-3)13-11-16/h5,10-13,15,18H,2,4,6-9,14H2,1,3H3/t15-,18+/m1/s1. The van der Waals surface area contributed by atoms with Gasteiger partial charge in [0.1, 0.15) is 5.75 Å². The lowest BCUT2D eigenvalue weighted by Crippen LogP contribution is -2.48. The molecule has 0 N–H and O–H groups in total. The molecular formula is C19H27NO2. The first-order valence-corrected chi connectivity index (χ1v) is 8.30. The summed E-state index contributed by atoms with van der Waals surface area (Å²) in [6, 6.07) is 8.04. The molecule has 22 heavy (non-hydrogen) atoms. The number of benzene rings is 1. The van der Waals surface area contributed by atoms with E-state index in [-0.39, 0.29) is 11.9 Å². The van der Waals surface area contributed by atoms with Crippen molar-refractivity contribution in [2.24, 2.45) is 5.92 Å². The summed E-state index contributed by atoms with van der Waals surface area (Å²) in [5, 5.41) is 0. The van der Waals surface area contributed by atoms with E-state index in [1.54, 1.807) is 7.11 Å². The Labute approximate surface area is 134 Å². The highest BCUT2D eigenvalue weighted by Crippen LogP contribution is 2.33. The molecule has 1 fully saturated rings. The van der Waals surface area contributed by atoms with Gasteiger partial charge in [0.25, 0.3) is 0 Å². The van der Waals surface area contributed by atoms with Crippen LogP contribution in [-0.2, 0) is 4.79 Å². The van der Waals surface area contributed by atoms with Crippen molar-refractivity contribution < 1.29 is 9.53 Å². The van der Waals surface area contributed by atoms with E-state index in [2.05, 4.69) is 13.5 Å². The van der Waals surface area contributed by atoms with Gasteiger partial charge in [-0.05, 0) is 43.0 Å². The summed E-state index contributed by atoms with van der Waals surface area (Å²) in [6.45, 7) is 6.19. The zero-order valence-electron chi connectivity index (χ0n) is 13.8. The number of hydrogen-bond acceptors (Lipinski definition) is 2. The normalized spacial score (nSPS) is 21.7. The van der Waals surface area contributed by atoms with Gasteiger partial charge in [0.15, 0.2) is 0 Å². The third-order valence-corrected chi connectivity index (χ3v) is 4.54. The molecule has 3 heteroatoms. The topological polar surface area (TPSA) is 29.5 Å². The summed E-state index contributed by atoms with van der Waals surface area (Å²) < 4.78 is 5.21. The Morgan fingerprint density at radius 2 is 2.05 bits per heavy atom. The molecule has 1 amide bonds. The van der Waals surface area contributed by atoms with Gasteiger partial charge in [-0.25, -0.2) is 0 Å². The van der Waals surface area contributed by atoms with Crippen LogP contribution in [0.1, 0.15) is 45.4 Å². The first-order valence-electron chi connectivity index (χ1n) is 8.30. The maximum Gasteiger partial charge on any atom is 0.227 e. The highest BCUT2D eigenvalue weighted by molar-refractivity contribution is 5.95. The SMILES string of the molecule is C=C[C@@H]1CCC(=O)N(c2ccc(OC)cc2)[C@H]1CCCCC. The summed E-state index contributed by atoms with van der Waals surface area (Å²) in [5.74, 6) is 1.43. The third-order valence-electron chi connectivity index (χ3n) is 4.54. The highest BCUT2D eigenvalue weighted by atomic mass is 16.5. The fourth-order valence-electron chi connectivity index (χ4n) is 3.28. The van der Waals surface area contributed by atoms with Crippen LogP contribution in [0.2, 0.25) is 0 Å². The Morgan fingerprint density at radius 1 is 1.32 bits per heavy atom. The van der Waals surface area contributed by atoms with Crippen molar-refractivity contribution in [3.8, 4) is 5.75 Å². The molecule has 0 aliphatic carbocycles. The Balaban J connectivity index is 2.23. The Kier molecular flexibility index (Phi) is 6.05. The van der Waals surface area contributed by atoms with E-state index in [9.17, 15) is 4.79 Å². The van der Waals surface area contributed by atoms with Crippen molar-refractivity contribution in [2.75, 3.05) is 12.0 Å². The first kappa shape index (κ1) is 16.6. The number of methoxy groups -OCH3 is 1. The van der Waals surface area contributed by atoms with Crippen LogP contribution in [0, 0.1) is 5.92 Å². The molecule has 1 saturated heterocycles. The minimum atomic E-state index is 0.227. The molecule has 1 aromatic rings. The highest BCUT2D eigenvalue weighted by Gasteiger charge is 2.34. The van der Waals surface area contributed by atoms with Crippen LogP contribution in [0.4, 0.5) is 5.69 Å². The molecule has 0 spiro atoms. The fourth-order valence-corrected chi connectivity index (χ4v) is 3.28. The number of anilines is 1. The van der Waals surface area contributed by atoms with Crippen LogP contribution >= 0.6 is 0 Å². The summed E-state index contributed by atoms with van der Waals surface area (Å²) in [5.41, 5.74) is 0.971. The zero-order valence-corrected chi connectivity index (χ0v) is 13.8. The monoisotopic (exact) mass is 301 g/mol.